The summed E-state index contributed by atoms with van der Waals surface area (Å²) in [4.78, 5) is 0. The van der Waals surface area contributed by atoms with E-state index < -0.39 is 13.9 Å². The van der Waals surface area contributed by atoms with Crippen LogP contribution in [0.15, 0.2) is 24.3 Å². The van der Waals surface area contributed by atoms with E-state index in [1.165, 1.54) is 44.8 Å². The van der Waals surface area contributed by atoms with Gasteiger partial charge < -0.3 is 14.6 Å². The molecule has 0 aliphatic heterocycles. The molecular formula is C24H43O7P. The molecule has 0 spiro atoms. The van der Waals surface area contributed by atoms with Crippen LogP contribution in [0, 0.1) is 0 Å². The second-order valence-electron chi connectivity index (χ2n) is 7.85. The fourth-order valence-electron chi connectivity index (χ4n) is 2.99. The average molecular weight is 475 g/mol. The maximum absolute atomic E-state index is 12.1. The Morgan fingerprint density at radius 1 is 0.844 bits per heavy atom. The van der Waals surface area contributed by atoms with E-state index in [4.69, 9.17) is 23.0 Å². The summed E-state index contributed by atoms with van der Waals surface area (Å²) in [7, 11) is -2.34. The lowest BCUT2D eigenvalue weighted by atomic mass is 10.1. The number of aliphatic hydroxyl groups is 1. The van der Waals surface area contributed by atoms with E-state index in [1.54, 1.807) is 0 Å². The predicted octanol–water partition coefficient (Wildman–Crippen LogP) is 5.93. The zero-order chi connectivity index (χ0) is 23.5. The molecular weight excluding hydrogens is 431 g/mol. The van der Waals surface area contributed by atoms with Crippen molar-refractivity contribution in [1.82, 2.24) is 0 Å². The van der Waals surface area contributed by atoms with Gasteiger partial charge >= 0.3 is 7.82 Å². The predicted molar refractivity (Wildman–Crippen MR) is 127 cm³/mol. The molecule has 1 N–H and O–H groups in total. The highest BCUT2D eigenvalue weighted by Crippen LogP contribution is 2.48. The lowest BCUT2D eigenvalue weighted by molar-refractivity contribution is 0.000918. The molecule has 186 valence electrons. The van der Waals surface area contributed by atoms with Gasteiger partial charge in [0, 0.05) is 13.7 Å². The van der Waals surface area contributed by atoms with Crippen LogP contribution < -0.4 is 4.74 Å². The number of phosphoric acid groups is 1. The summed E-state index contributed by atoms with van der Waals surface area (Å²) in [6, 6.07) is 8.20. The first-order chi connectivity index (χ1) is 15.5. The summed E-state index contributed by atoms with van der Waals surface area (Å²) >= 11 is 0. The van der Waals surface area contributed by atoms with Crippen molar-refractivity contribution >= 4 is 7.82 Å². The van der Waals surface area contributed by atoms with Crippen LogP contribution in [0.4, 0.5) is 0 Å². The van der Waals surface area contributed by atoms with Crippen molar-refractivity contribution in [3.8, 4) is 5.75 Å². The molecule has 1 rings (SSSR count). The Hall–Kier alpha value is -0.950. The fourth-order valence-corrected chi connectivity index (χ4v) is 4.04. The zero-order valence-corrected chi connectivity index (χ0v) is 21.0. The fraction of sp³-hybridized carbons (Fsp3) is 0.750. The largest absolute Gasteiger partial charge is 0.494 e. The van der Waals surface area contributed by atoms with Gasteiger partial charge in [0.25, 0.3) is 0 Å². The van der Waals surface area contributed by atoms with E-state index in [0.29, 0.717) is 13.0 Å². The van der Waals surface area contributed by atoms with Gasteiger partial charge in [-0.15, -0.1) is 0 Å². The second-order valence-corrected chi connectivity index (χ2v) is 9.63. The minimum absolute atomic E-state index is 0.0999. The van der Waals surface area contributed by atoms with Crippen molar-refractivity contribution in [3.63, 3.8) is 0 Å². The summed E-state index contributed by atoms with van der Waals surface area (Å²) in [5, 5.41) is 9.93. The molecule has 0 amide bonds. The van der Waals surface area contributed by atoms with Gasteiger partial charge in [0.15, 0.2) is 0 Å². The average Bonchev–Trinajstić information content (AvgIpc) is 2.81. The molecule has 1 aromatic carbocycles. The van der Waals surface area contributed by atoms with E-state index >= 15 is 0 Å². The molecule has 8 heteroatoms. The van der Waals surface area contributed by atoms with Gasteiger partial charge in [-0.3, -0.25) is 13.6 Å². The van der Waals surface area contributed by atoms with Crippen LogP contribution in [-0.4, -0.2) is 51.4 Å². The molecule has 0 saturated heterocycles. The number of aliphatic hydroxyl groups excluding tert-OH is 1. The molecule has 0 aliphatic carbocycles. The summed E-state index contributed by atoms with van der Waals surface area (Å²) in [5.74, 6) is 0.915. The number of rotatable bonds is 21. The number of ether oxygens (including phenoxy) is 2. The summed E-state index contributed by atoms with van der Waals surface area (Å²) in [6.45, 7) is 5.61. The van der Waals surface area contributed by atoms with Gasteiger partial charge in [-0.1, -0.05) is 58.1 Å². The lowest BCUT2D eigenvalue weighted by Gasteiger charge is -2.17. The molecule has 0 fully saturated rings. The Bertz CT molecular complexity index is 609. The SMILES string of the molecule is CCCCCCCCOc1ccc(CCCOC[C@H](O)COP(=O)(OC)OCCC)cc1. The molecule has 0 bridgehead atoms. The van der Waals surface area contributed by atoms with Crippen LogP contribution in [0.5, 0.6) is 5.75 Å². The third-order valence-electron chi connectivity index (χ3n) is 4.86. The third kappa shape index (κ3) is 14.2. The zero-order valence-electron chi connectivity index (χ0n) is 20.1. The van der Waals surface area contributed by atoms with Gasteiger partial charge in [0.2, 0.25) is 0 Å². The Labute approximate surface area is 194 Å². The first-order valence-corrected chi connectivity index (χ1v) is 13.4. The van der Waals surface area contributed by atoms with Crippen LogP contribution in [-0.2, 0) is 29.3 Å². The van der Waals surface area contributed by atoms with Gasteiger partial charge in [-0.2, -0.15) is 0 Å². The Morgan fingerprint density at radius 3 is 2.25 bits per heavy atom. The van der Waals surface area contributed by atoms with Gasteiger partial charge in [0.05, 0.1) is 26.4 Å². The number of unbranched alkanes of at least 4 members (excludes halogenated alkanes) is 5. The van der Waals surface area contributed by atoms with Crippen LogP contribution in [0.3, 0.4) is 0 Å². The van der Waals surface area contributed by atoms with Crippen molar-refractivity contribution in [2.45, 2.75) is 77.7 Å². The van der Waals surface area contributed by atoms with Crippen molar-refractivity contribution in [3.05, 3.63) is 29.8 Å². The first-order valence-electron chi connectivity index (χ1n) is 11.9. The second kappa shape index (κ2) is 18.5. The Balaban J connectivity index is 2.10. The van der Waals surface area contributed by atoms with Crippen LogP contribution >= 0.6 is 7.82 Å². The number of phosphoric ester groups is 1. The molecule has 2 atom stereocenters. The van der Waals surface area contributed by atoms with Gasteiger partial charge in [-0.25, -0.2) is 4.57 Å². The maximum atomic E-state index is 12.1. The maximum Gasteiger partial charge on any atom is 0.474 e. The van der Waals surface area contributed by atoms with Crippen LogP contribution in [0.25, 0.3) is 0 Å². The van der Waals surface area contributed by atoms with E-state index in [9.17, 15) is 9.67 Å². The summed E-state index contributed by atoms with van der Waals surface area (Å²) in [6.07, 6.45) is 9.08. The van der Waals surface area contributed by atoms with E-state index in [1.807, 2.05) is 19.1 Å². The van der Waals surface area contributed by atoms with Crippen molar-refractivity contribution in [2.24, 2.45) is 0 Å². The highest BCUT2D eigenvalue weighted by molar-refractivity contribution is 7.48. The molecule has 0 radical (unpaired) electrons. The Morgan fingerprint density at radius 2 is 1.56 bits per heavy atom. The standard InChI is InChI=1S/C24H43O7P/c1-4-6-7-8-9-10-19-29-24-15-13-22(14-16-24)12-11-18-28-20-23(25)21-31-32(26,27-3)30-17-5-2/h13-16,23,25H,4-12,17-21H2,1-3H3/t23-,32?/m0/s1. The number of hydrogen-bond acceptors (Lipinski definition) is 7. The van der Waals surface area contributed by atoms with Gasteiger partial charge in [-0.05, 0) is 43.4 Å². The lowest BCUT2D eigenvalue weighted by Crippen LogP contribution is -2.22. The summed E-state index contributed by atoms with van der Waals surface area (Å²) < 4.78 is 38.4. The molecule has 7 nitrogen and oxygen atoms in total. The molecule has 1 unspecified atom stereocenters. The molecule has 0 aliphatic rings. The van der Waals surface area contributed by atoms with E-state index in [2.05, 4.69) is 19.1 Å². The number of aryl methyl sites for hydroxylation is 1. The smallest absolute Gasteiger partial charge is 0.474 e. The van der Waals surface area contributed by atoms with Crippen LogP contribution in [0.2, 0.25) is 0 Å². The first kappa shape index (κ1) is 29.1. The third-order valence-corrected chi connectivity index (χ3v) is 6.27. The number of hydrogen-bond donors (Lipinski definition) is 1. The summed E-state index contributed by atoms with van der Waals surface area (Å²) in [5.41, 5.74) is 1.22. The van der Waals surface area contributed by atoms with Crippen molar-refractivity contribution < 1.29 is 32.7 Å². The molecule has 32 heavy (non-hydrogen) atoms. The molecule has 0 heterocycles. The Kier molecular flexibility index (Phi) is 16.8. The molecule has 0 saturated carbocycles. The highest BCUT2D eigenvalue weighted by Gasteiger charge is 2.25. The van der Waals surface area contributed by atoms with E-state index in [-0.39, 0.29) is 19.8 Å². The normalized spacial score (nSPS) is 14.2. The molecule has 1 aromatic rings. The van der Waals surface area contributed by atoms with Crippen LogP contribution in [0.1, 0.15) is 70.8 Å². The highest BCUT2D eigenvalue weighted by atomic mass is 31.2. The van der Waals surface area contributed by atoms with E-state index in [0.717, 1.165) is 31.6 Å². The minimum atomic E-state index is -3.60. The molecule has 0 aromatic heterocycles. The minimum Gasteiger partial charge on any atom is -0.494 e. The van der Waals surface area contributed by atoms with Crippen molar-refractivity contribution in [1.29, 1.82) is 0 Å². The monoisotopic (exact) mass is 474 g/mol. The van der Waals surface area contributed by atoms with Crippen molar-refractivity contribution in [2.75, 3.05) is 40.1 Å². The number of benzene rings is 1. The quantitative estimate of drug-likeness (QED) is 0.174. The van der Waals surface area contributed by atoms with Gasteiger partial charge in [0.1, 0.15) is 11.9 Å². The topological polar surface area (TPSA) is 83.5 Å².